The van der Waals surface area contributed by atoms with Gasteiger partial charge < -0.3 is 10.0 Å². The molecule has 5 nitrogen and oxygen atoms in total. The average molecular weight is 384 g/mol. The summed E-state index contributed by atoms with van der Waals surface area (Å²) in [5.41, 5.74) is -0.890. The molecule has 1 atom stereocenters. The van der Waals surface area contributed by atoms with E-state index in [0.717, 1.165) is 25.0 Å². The predicted molar refractivity (Wildman–Crippen MR) is 91.8 cm³/mol. The molecule has 1 aromatic carbocycles. The summed E-state index contributed by atoms with van der Waals surface area (Å²) in [4.78, 5) is 27.6. The molecule has 27 heavy (non-hydrogen) atoms. The van der Waals surface area contributed by atoms with Crippen molar-refractivity contribution in [2.45, 2.75) is 44.9 Å². The van der Waals surface area contributed by atoms with Crippen LogP contribution in [0.2, 0.25) is 0 Å². The lowest BCUT2D eigenvalue weighted by atomic mass is 9.90. The number of hydrogen-bond acceptors (Lipinski definition) is 3. The van der Waals surface area contributed by atoms with Crippen LogP contribution in [0.5, 0.6) is 0 Å². The molecule has 1 amide bonds. The summed E-state index contributed by atoms with van der Waals surface area (Å²) in [6, 6.07) is 4.99. The molecule has 1 aliphatic heterocycles. The van der Waals surface area contributed by atoms with E-state index >= 15 is 0 Å². The van der Waals surface area contributed by atoms with Gasteiger partial charge in [0, 0.05) is 19.1 Å². The molecule has 2 fully saturated rings. The number of carbonyl (C=O) groups is 2. The minimum atomic E-state index is -4.38. The van der Waals surface area contributed by atoms with E-state index in [1.165, 1.54) is 12.1 Å². The van der Waals surface area contributed by atoms with Crippen molar-refractivity contribution in [2.24, 2.45) is 5.41 Å². The summed E-state index contributed by atoms with van der Waals surface area (Å²) in [5, 5.41) is 9.30. The van der Waals surface area contributed by atoms with Gasteiger partial charge in [-0.3, -0.25) is 14.5 Å². The lowest BCUT2D eigenvalue weighted by Gasteiger charge is -2.26. The van der Waals surface area contributed by atoms with Crippen molar-refractivity contribution in [3.05, 3.63) is 35.4 Å². The van der Waals surface area contributed by atoms with E-state index in [4.69, 9.17) is 0 Å². The number of hydrogen-bond donors (Lipinski definition) is 1. The van der Waals surface area contributed by atoms with Crippen LogP contribution in [0.15, 0.2) is 24.3 Å². The van der Waals surface area contributed by atoms with Crippen molar-refractivity contribution in [1.82, 2.24) is 9.80 Å². The molecule has 1 aliphatic carbocycles. The van der Waals surface area contributed by atoms with Crippen molar-refractivity contribution in [2.75, 3.05) is 19.6 Å². The van der Waals surface area contributed by atoms with Gasteiger partial charge in [-0.15, -0.1) is 0 Å². The van der Waals surface area contributed by atoms with Gasteiger partial charge >= 0.3 is 12.1 Å². The van der Waals surface area contributed by atoms with Crippen molar-refractivity contribution >= 4 is 11.9 Å². The van der Waals surface area contributed by atoms with Gasteiger partial charge in [0.15, 0.2) is 0 Å². The Morgan fingerprint density at radius 3 is 2.37 bits per heavy atom. The molecule has 3 rings (SSSR count). The Morgan fingerprint density at radius 1 is 1.26 bits per heavy atom. The second kappa shape index (κ2) is 7.14. The van der Waals surface area contributed by atoms with Gasteiger partial charge in [-0.1, -0.05) is 12.1 Å². The summed E-state index contributed by atoms with van der Waals surface area (Å²) < 4.78 is 38.1. The van der Waals surface area contributed by atoms with Crippen LogP contribution in [0.1, 0.15) is 37.3 Å². The smallest absolute Gasteiger partial charge is 0.416 e. The number of carbonyl (C=O) groups excluding carboxylic acids is 1. The molecule has 0 spiro atoms. The highest BCUT2D eigenvalue weighted by atomic mass is 19.4. The van der Waals surface area contributed by atoms with E-state index in [0.29, 0.717) is 25.1 Å². The summed E-state index contributed by atoms with van der Waals surface area (Å²) in [7, 11) is 0. The molecule has 1 saturated carbocycles. The Labute approximate surface area is 155 Å². The summed E-state index contributed by atoms with van der Waals surface area (Å²) >= 11 is 0. The highest BCUT2D eigenvalue weighted by Gasteiger charge is 2.42. The molecule has 0 radical (unpaired) electrons. The van der Waals surface area contributed by atoms with Crippen molar-refractivity contribution in [3.63, 3.8) is 0 Å². The van der Waals surface area contributed by atoms with Gasteiger partial charge in [-0.05, 0) is 50.4 Å². The average Bonchev–Trinajstić information content (AvgIpc) is 3.35. The molecule has 1 aromatic rings. The molecule has 1 heterocycles. The highest BCUT2D eigenvalue weighted by Crippen LogP contribution is 2.33. The number of nitrogens with zero attached hydrogens (tertiary/aromatic N) is 2. The highest BCUT2D eigenvalue weighted by molar-refractivity contribution is 5.79. The first-order chi connectivity index (χ1) is 12.6. The SMILES string of the molecule is CC1(C(=O)O)CCN(CC(=O)N(Cc2ccc(C(F)(F)F)cc2)C2CC2)C1. The Kier molecular flexibility index (Phi) is 5.20. The molecule has 1 unspecified atom stereocenters. The number of carboxylic acids is 1. The van der Waals surface area contributed by atoms with Crippen molar-refractivity contribution in [1.29, 1.82) is 0 Å². The third-order valence-corrected chi connectivity index (χ3v) is 5.37. The minimum absolute atomic E-state index is 0.105. The van der Waals surface area contributed by atoms with Crippen LogP contribution in [0.3, 0.4) is 0 Å². The van der Waals surface area contributed by atoms with Crippen molar-refractivity contribution in [3.8, 4) is 0 Å². The largest absolute Gasteiger partial charge is 0.481 e. The first kappa shape index (κ1) is 19.7. The summed E-state index contributed by atoms with van der Waals surface area (Å²) in [5.74, 6) is -0.965. The van der Waals surface area contributed by atoms with Gasteiger partial charge in [0.1, 0.15) is 0 Å². The maximum atomic E-state index is 12.7. The zero-order valence-corrected chi connectivity index (χ0v) is 15.1. The topological polar surface area (TPSA) is 60.9 Å². The number of alkyl halides is 3. The Balaban J connectivity index is 1.62. The Hall–Kier alpha value is -2.09. The monoisotopic (exact) mass is 384 g/mol. The molecular formula is C19H23F3N2O3. The molecule has 1 N–H and O–H groups in total. The number of carboxylic acid groups (broad SMARTS) is 1. The summed E-state index contributed by atoms with van der Waals surface area (Å²) in [6.07, 6.45) is -2.10. The number of benzene rings is 1. The number of halogens is 3. The third kappa shape index (κ3) is 4.61. The van der Waals surface area contributed by atoms with Gasteiger partial charge in [-0.2, -0.15) is 13.2 Å². The molecular weight excluding hydrogens is 361 g/mol. The quantitative estimate of drug-likeness (QED) is 0.819. The van der Waals surface area contributed by atoms with Crippen LogP contribution >= 0.6 is 0 Å². The second-order valence-electron chi connectivity index (χ2n) is 7.77. The van der Waals surface area contributed by atoms with Crippen LogP contribution in [0.25, 0.3) is 0 Å². The lowest BCUT2D eigenvalue weighted by molar-refractivity contribution is -0.147. The standard InChI is InChI=1S/C19H23F3N2O3/c1-18(17(26)27)8-9-23(12-18)11-16(25)24(15-6-7-15)10-13-2-4-14(5-3-13)19(20,21)22/h2-5,15H,6-12H2,1H3,(H,26,27). The fraction of sp³-hybridized carbons (Fsp3) is 0.579. The fourth-order valence-corrected chi connectivity index (χ4v) is 3.45. The van der Waals surface area contributed by atoms with E-state index in [1.54, 1.807) is 11.8 Å². The number of amides is 1. The van der Waals surface area contributed by atoms with E-state index in [1.807, 2.05) is 4.90 Å². The van der Waals surface area contributed by atoms with Gasteiger partial charge in [-0.25, -0.2) is 0 Å². The first-order valence-electron chi connectivity index (χ1n) is 9.00. The van der Waals surface area contributed by atoms with E-state index < -0.39 is 23.1 Å². The first-order valence-corrected chi connectivity index (χ1v) is 9.00. The number of aliphatic carboxylic acids is 1. The van der Waals surface area contributed by atoms with Crippen LogP contribution in [0.4, 0.5) is 13.2 Å². The predicted octanol–water partition coefficient (Wildman–Crippen LogP) is 2.99. The molecule has 148 valence electrons. The second-order valence-corrected chi connectivity index (χ2v) is 7.77. The van der Waals surface area contributed by atoms with E-state index in [2.05, 4.69) is 0 Å². The fourth-order valence-electron chi connectivity index (χ4n) is 3.45. The number of rotatable bonds is 6. The van der Waals surface area contributed by atoms with Crippen LogP contribution in [0, 0.1) is 5.41 Å². The van der Waals surface area contributed by atoms with Crippen LogP contribution < -0.4 is 0 Å². The third-order valence-electron chi connectivity index (χ3n) is 5.37. The lowest BCUT2D eigenvalue weighted by Crippen LogP contribution is -2.41. The Bertz CT molecular complexity index is 716. The maximum absolute atomic E-state index is 12.7. The van der Waals surface area contributed by atoms with Gasteiger partial charge in [0.2, 0.25) is 5.91 Å². The van der Waals surface area contributed by atoms with E-state index in [-0.39, 0.29) is 25.0 Å². The maximum Gasteiger partial charge on any atom is 0.416 e. The normalized spacial score (nSPS) is 23.4. The zero-order valence-electron chi connectivity index (χ0n) is 15.1. The van der Waals surface area contributed by atoms with Crippen molar-refractivity contribution < 1.29 is 27.9 Å². The van der Waals surface area contributed by atoms with Crippen LogP contribution in [-0.2, 0) is 22.3 Å². The molecule has 0 aromatic heterocycles. The molecule has 8 heteroatoms. The minimum Gasteiger partial charge on any atom is -0.481 e. The Morgan fingerprint density at radius 2 is 1.89 bits per heavy atom. The molecule has 1 saturated heterocycles. The molecule has 0 bridgehead atoms. The van der Waals surface area contributed by atoms with Crippen LogP contribution in [-0.4, -0.2) is 52.5 Å². The molecule has 2 aliphatic rings. The zero-order chi connectivity index (χ0) is 19.8. The van der Waals surface area contributed by atoms with Gasteiger partial charge in [0.05, 0.1) is 17.5 Å². The number of likely N-dealkylation sites (tertiary alicyclic amines) is 1. The van der Waals surface area contributed by atoms with E-state index in [9.17, 15) is 27.9 Å². The van der Waals surface area contributed by atoms with Gasteiger partial charge in [0.25, 0.3) is 0 Å². The summed E-state index contributed by atoms with van der Waals surface area (Å²) in [6.45, 7) is 2.96.